The number of nitrogens with zero attached hydrogens (tertiary/aromatic N) is 1. The molecule has 1 N–H and O–H groups in total. The van der Waals surface area contributed by atoms with E-state index in [1.54, 1.807) is 4.57 Å². The predicted octanol–water partition coefficient (Wildman–Crippen LogP) is 3.09. The molecule has 0 fully saturated rings. The fourth-order valence-corrected chi connectivity index (χ4v) is 3.56. The minimum absolute atomic E-state index is 0.0518. The maximum Gasteiger partial charge on any atom is 0.343 e. The van der Waals surface area contributed by atoms with Crippen molar-refractivity contribution in [2.75, 3.05) is 6.61 Å². The van der Waals surface area contributed by atoms with E-state index < -0.39 is 35.4 Å². The van der Waals surface area contributed by atoms with Crippen LogP contribution < -0.4 is 15.8 Å². The number of aromatic nitrogens is 1. The first-order chi connectivity index (χ1) is 16.3. The number of ether oxygens (including phenoxy) is 2. The fraction of sp³-hybridized carbons (Fsp3) is 0.167. The summed E-state index contributed by atoms with van der Waals surface area (Å²) in [6.45, 7) is 1.33. The molecule has 174 valence electrons. The first-order valence-electron chi connectivity index (χ1n) is 10.2. The summed E-state index contributed by atoms with van der Waals surface area (Å²) in [5.74, 6) is -2.52. The van der Waals surface area contributed by atoms with Crippen LogP contribution in [0.15, 0.2) is 62.7 Å². The van der Waals surface area contributed by atoms with Crippen molar-refractivity contribution >= 4 is 33.8 Å². The van der Waals surface area contributed by atoms with Gasteiger partial charge in [0, 0.05) is 41.2 Å². The zero-order valence-corrected chi connectivity index (χ0v) is 17.9. The number of aliphatic carboxylic acids is 1. The molecule has 0 aliphatic carbocycles. The van der Waals surface area contributed by atoms with Crippen molar-refractivity contribution in [1.29, 1.82) is 0 Å². The maximum absolute atomic E-state index is 13.7. The third kappa shape index (κ3) is 4.51. The summed E-state index contributed by atoms with van der Waals surface area (Å²) in [5, 5.41) is 9.21. The lowest BCUT2D eigenvalue weighted by molar-refractivity contribution is -0.139. The van der Waals surface area contributed by atoms with E-state index in [0.717, 1.165) is 12.1 Å². The second-order valence-corrected chi connectivity index (χ2v) is 7.33. The Morgan fingerprint density at radius 2 is 1.88 bits per heavy atom. The van der Waals surface area contributed by atoms with Crippen LogP contribution >= 0.6 is 0 Å². The van der Waals surface area contributed by atoms with Crippen molar-refractivity contribution in [3.8, 4) is 5.75 Å². The first-order valence-corrected chi connectivity index (χ1v) is 10.2. The number of halogens is 1. The highest BCUT2D eigenvalue weighted by molar-refractivity contribution is 5.94. The Balaban J connectivity index is 1.64. The predicted molar refractivity (Wildman–Crippen MR) is 119 cm³/mol. The smallest absolute Gasteiger partial charge is 0.343 e. The molecular weight excluding hydrogens is 449 g/mol. The van der Waals surface area contributed by atoms with Crippen LogP contribution in [-0.2, 0) is 22.7 Å². The summed E-state index contributed by atoms with van der Waals surface area (Å²) in [4.78, 5) is 48.2. The normalized spacial score (nSPS) is 11.0. The molecule has 0 radical (unpaired) electrons. The quantitative estimate of drug-likeness (QED) is 0.325. The largest absolute Gasteiger partial charge is 0.482 e. The second-order valence-electron chi connectivity index (χ2n) is 7.33. The number of aryl methyl sites for hydroxylation is 1. The third-order valence-electron chi connectivity index (χ3n) is 5.13. The van der Waals surface area contributed by atoms with Gasteiger partial charge in [0.05, 0.1) is 5.52 Å². The monoisotopic (exact) mass is 467 g/mol. The molecule has 4 rings (SSSR count). The van der Waals surface area contributed by atoms with Crippen LogP contribution in [0.25, 0.3) is 21.9 Å². The van der Waals surface area contributed by atoms with Crippen molar-refractivity contribution < 1.29 is 33.0 Å². The van der Waals surface area contributed by atoms with Crippen molar-refractivity contribution in [2.24, 2.45) is 0 Å². The first kappa shape index (κ1) is 22.7. The van der Waals surface area contributed by atoms with E-state index in [1.165, 1.54) is 36.5 Å². The number of carbonyl (C=O) groups excluding carboxylic acids is 1. The number of pyridine rings is 1. The average Bonchev–Trinajstić information content (AvgIpc) is 2.81. The minimum Gasteiger partial charge on any atom is -0.482 e. The molecule has 2 aromatic heterocycles. The third-order valence-corrected chi connectivity index (χ3v) is 5.13. The highest BCUT2D eigenvalue weighted by Crippen LogP contribution is 2.23. The van der Waals surface area contributed by atoms with Gasteiger partial charge >= 0.3 is 17.6 Å². The Bertz CT molecular complexity index is 1550. The number of carboxylic acids is 1. The van der Waals surface area contributed by atoms with Gasteiger partial charge in [-0.05, 0) is 37.3 Å². The van der Waals surface area contributed by atoms with Crippen LogP contribution in [0.1, 0.15) is 22.8 Å². The van der Waals surface area contributed by atoms with Gasteiger partial charge in [-0.3, -0.25) is 4.79 Å². The highest BCUT2D eigenvalue weighted by atomic mass is 19.1. The standard InChI is InChI=1S/C24H18FNO8/c1-2-26-10-18(23(30)17-8-14(25)3-6-19(17)26)24(31)33-11-13-7-22(29)34-20-9-15(4-5-16(13)20)32-12-21(27)28/h3-10H,2,11-12H2,1H3,(H,27,28). The molecule has 2 heterocycles. The molecule has 0 saturated carbocycles. The molecule has 0 bridgehead atoms. The molecule has 4 aromatic rings. The number of hydrogen-bond acceptors (Lipinski definition) is 7. The van der Waals surface area contributed by atoms with Gasteiger partial charge in [-0.25, -0.2) is 18.8 Å². The van der Waals surface area contributed by atoms with E-state index in [4.69, 9.17) is 19.0 Å². The Labute approximate surface area is 190 Å². The van der Waals surface area contributed by atoms with Crippen LogP contribution in [0.2, 0.25) is 0 Å². The number of esters is 1. The van der Waals surface area contributed by atoms with Gasteiger partial charge in [-0.2, -0.15) is 0 Å². The molecule has 0 amide bonds. The lowest BCUT2D eigenvalue weighted by Crippen LogP contribution is -2.21. The summed E-state index contributed by atoms with van der Waals surface area (Å²) in [7, 11) is 0. The van der Waals surface area contributed by atoms with Gasteiger partial charge in [0.15, 0.2) is 6.61 Å². The van der Waals surface area contributed by atoms with E-state index in [0.29, 0.717) is 23.0 Å². The molecule has 34 heavy (non-hydrogen) atoms. The summed E-state index contributed by atoms with van der Waals surface area (Å²) < 4.78 is 30.9. The Hall–Kier alpha value is -4.47. The molecular formula is C24H18FNO8. The molecule has 0 aliphatic rings. The van der Waals surface area contributed by atoms with E-state index in [9.17, 15) is 23.6 Å². The fourth-order valence-electron chi connectivity index (χ4n) is 3.56. The molecule has 0 spiro atoms. The lowest BCUT2D eigenvalue weighted by Gasteiger charge is -2.12. The zero-order chi connectivity index (χ0) is 24.4. The molecule has 0 saturated heterocycles. The minimum atomic E-state index is -1.17. The van der Waals surface area contributed by atoms with Crippen LogP contribution in [0.5, 0.6) is 5.75 Å². The molecule has 0 atom stereocenters. The van der Waals surface area contributed by atoms with E-state index >= 15 is 0 Å². The molecule has 0 unspecified atom stereocenters. The molecule has 0 aliphatic heterocycles. The number of carbonyl (C=O) groups is 2. The number of benzene rings is 2. The van der Waals surface area contributed by atoms with E-state index in [2.05, 4.69) is 0 Å². The summed E-state index contributed by atoms with van der Waals surface area (Å²) >= 11 is 0. The summed E-state index contributed by atoms with van der Waals surface area (Å²) in [5.41, 5.74) is -0.747. The number of carboxylic acid groups (broad SMARTS) is 1. The topological polar surface area (TPSA) is 125 Å². The maximum atomic E-state index is 13.7. The lowest BCUT2D eigenvalue weighted by atomic mass is 10.1. The van der Waals surface area contributed by atoms with Crippen molar-refractivity contribution in [2.45, 2.75) is 20.1 Å². The Kier molecular flexibility index (Phi) is 6.13. The van der Waals surface area contributed by atoms with Gasteiger partial charge in [0.25, 0.3) is 0 Å². The van der Waals surface area contributed by atoms with Crippen LogP contribution in [0.4, 0.5) is 4.39 Å². The van der Waals surface area contributed by atoms with Gasteiger partial charge in [0.2, 0.25) is 5.43 Å². The number of fused-ring (bicyclic) bond motifs is 2. The van der Waals surface area contributed by atoms with Gasteiger partial charge in [-0.1, -0.05) is 0 Å². The van der Waals surface area contributed by atoms with E-state index in [1.807, 2.05) is 6.92 Å². The van der Waals surface area contributed by atoms with Gasteiger partial charge < -0.3 is 23.6 Å². The second kappa shape index (κ2) is 9.18. The van der Waals surface area contributed by atoms with Crippen LogP contribution in [-0.4, -0.2) is 28.2 Å². The SMILES string of the molecule is CCn1cc(C(=O)OCc2cc(=O)oc3cc(OCC(=O)O)ccc23)c(=O)c2cc(F)ccc21. The summed E-state index contributed by atoms with van der Waals surface area (Å²) in [6.07, 6.45) is 1.36. The highest BCUT2D eigenvalue weighted by Gasteiger charge is 2.18. The Morgan fingerprint density at radius 3 is 2.62 bits per heavy atom. The molecule has 2 aromatic carbocycles. The Morgan fingerprint density at radius 1 is 1.09 bits per heavy atom. The molecule has 9 nitrogen and oxygen atoms in total. The number of hydrogen-bond donors (Lipinski definition) is 1. The van der Waals surface area contributed by atoms with Crippen LogP contribution in [0, 0.1) is 5.82 Å². The van der Waals surface area contributed by atoms with Crippen molar-refractivity contribution in [3.05, 3.63) is 86.2 Å². The van der Waals surface area contributed by atoms with Crippen molar-refractivity contribution in [3.63, 3.8) is 0 Å². The van der Waals surface area contributed by atoms with Crippen molar-refractivity contribution in [1.82, 2.24) is 4.57 Å². The number of rotatable bonds is 7. The molecule has 10 heteroatoms. The van der Waals surface area contributed by atoms with E-state index in [-0.39, 0.29) is 28.9 Å². The average molecular weight is 467 g/mol. The summed E-state index contributed by atoms with van der Waals surface area (Å²) in [6, 6.07) is 9.28. The van der Waals surface area contributed by atoms with Crippen LogP contribution in [0.3, 0.4) is 0 Å². The van der Waals surface area contributed by atoms with Gasteiger partial charge in [0.1, 0.15) is 29.3 Å². The van der Waals surface area contributed by atoms with Gasteiger partial charge in [-0.15, -0.1) is 0 Å². The zero-order valence-electron chi connectivity index (χ0n) is 17.9.